The summed E-state index contributed by atoms with van der Waals surface area (Å²) in [6.45, 7) is 15.6. The minimum absolute atomic E-state index is 0.0388. The van der Waals surface area contributed by atoms with E-state index >= 15 is 0 Å². The molecule has 4 aromatic rings. The van der Waals surface area contributed by atoms with Crippen molar-refractivity contribution in [1.29, 1.82) is 0 Å². The molecule has 2 aliphatic heterocycles. The number of carbonyl (C=O) groups is 2. The van der Waals surface area contributed by atoms with Gasteiger partial charge in [-0.25, -0.2) is 18.4 Å². The number of aromatic carboxylic acids is 2. The second-order valence-electron chi connectivity index (χ2n) is 14.3. The molecule has 9 nitrogen and oxygen atoms in total. The fourth-order valence-electron chi connectivity index (χ4n) is 6.69. The van der Waals surface area contributed by atoms with E-state index in [-0.39, 0.29) is 46.0 Å². The van der Waals surface area contributed by atoms with Crippen molar-refractivity contribution in [2.45, 2.75) is 91.1 Å². The van der Waals surface area contributed by atoms with Crippen molar-refractivity contribution >= 4 is 33.7 Å². The Balaban J connectivity index is 0.000000181. The summed E-state index contributed by atoms with van der Waals surface area (Å²) < 4.78 is 38.7. The Morgan fingerprint density at radius 2 is 1.24 bits per heavy atom. The van der Waals surface area contributed by atoms with Crippen molar-refractivity contribution in [1.82, 2.24) is 9.13 Å². The summed E-state index contributed by atoms with van der Waals surface area (Å²) >= 11 is 0. The Hall–Kier alpha value is -4.54. The molecule has 0 fully saturated rings. The molecular formula is C35H38F2N2O7. The van der Waals surface area contributed by atoms with Crippen LogP contribution in [0, 0.1) is 11.6 Å². The fraction of sp³-hybridized carbons (Fsp3) is 0.429. The van der Waals surface area contributed by atoms with Crippen molar-refractivity contribution in [2.75, 3.05) is 6.61 Å². The molecule has 2 aliphatic rings. The van der Waals surface area contributed by atoms with Crippen molar-refractivity contribution in [3.63, 3.8) is 0 Å². The highest BCUT2D eigenvalue weighted by Crippen LogP contribution is 2.42. The highest BCUT2D eigenvalue weighted by molar-refractivity contribution is 5.96. The molecule has 0 amide bonds. The van der Waals surface area contributed by atoms with Gasteiger partial charge >= 0.3 is 11.9 Å². The number of carboxylic acids is 2. The Bertz CT molecular complexity index is 1930. The summed E-state index contributed by atoms with van der Waals surface area (Å²) in [5.41, 5.74) is 0.123. The zero-order chi connectivity index (χ0) is 34.2. The molecule has 6 rings (SSSR count). The lowest BCUT2D eigenvalue weighted by Crippen LogP contribution is -2.29. The number of hydrogen-bond acceptors (Lipinski definition) is 5. The average molecular weight is 637 g/mol. The van der Waals surface area contributed by atoms with E-state index in [9.17, 15) is 38.2 Å². The second-order valence-corrected chi connectivity index (χ2v) is 14.3. The van der Waals surface area contributed by atoms with E-state index in [1.807, 2.05) is 60.0 Å². The number of aromatic nitrogens is 2. The predicted molar refractivity (Wildman–Crippen MR) is 171 cm³/mol. The highest BCUT2D eigenvalue weighted by atomic mass is 19.1. The van der Waals surface area contributed by atoms with Crippen molar-refractivity contribution in [3.8, 4) is 5.75 Å². The Labute approximate surface area is 264 Å². The van der Waals surface area contributed by atoms with Gasteiger partial charge in [0.15, 0.2) is 0 Å². The smallest absolute Gasteiger partial charge is 0.341 e. The first kappa shape index (κ1) is 32.8. The van der Waals surface area contributed by atoms with Gasteiger partial charge in [-0.15, -0.1) is 0 Å². The number of halogens is 2. The van der Waals surface area contributed by atoms with Gasteiger partial charge < -0.3 is 24.1 Å². The number of nitrogens with zero attached hydrogens (tertiary/aromatic N) is 2. The van der Waals surface area contributed by atoms with Gasteiger partial charge in [-0.1, -0.05) is 41.5 Å². The summed E-state index contributed by atoms with van der Waals surface area (Å²) in [7, 11) is 0. The Kier molecular flexibility index (Phi) is 7.90. The molecule has 0 bridgehead atoms. The molecule has 2 N–H and O–H groups in total. The maximum absolute atomic E-state index is 14.7. The van der Waals surface area contributed by atoms with Gasteiger partial charge in [-0.3, -0.25) is 9.59 Å². The summed E-state index contributed by atoms with van der Waals surface area (Å²) in [5, 5.41) is 18.7. The van der Waals surface area contributed by atoms with Crippen LogP contribution in [0.3, 0.4) is 0 Å². The van der Waals surface area contributed by atoms with Crippen molar-refractivity contribution < 1.29 is 33.3 Å². The van der Waals surface area contributed by atoms with Crippen LogP contribution in [0.15, 0.2) is 34.1 Å². The van der Waals surface area contributed by atoms with E-state index in [4.69, 9.17) is 4.74 Å². The number of hydrogen-bond donors (Lipinski definition) is 2. The Morgan fingerprint density at radius 1 is 0.783 bits per heavy atom. The molecule has 2 atom stereocenters. The van der Waals surface area contributed by atoms with Crippen LogP contribution in [-0.4, -0.2) is 37.9 Å². The number of carboxylic acid groups (broad SMARTS) is 2. The van der Waals surface area contributed by atoms with E-state index in [2.05, 4.69) is 0 Å². The number of rotatable bonds is 2. The van der Waals surface area contributed by atoms with Crippen molar-refractivity contribution in [3.05, 3.63) is 84.4 Å². The van der Waals surface area contributed by atoms with E-state index in [1.165, 1.54) is 18.5 Å². The summed E-state index contributed by atoms with van der Waals surface area (Å²) in [4.78, 5) is 47.6. The van der Waals surface area contributed by atoms with Gasteiger partial charge in [0, 0.05) is 29.4 Å². The second kappa shape index (κ2) is 11.1. The van der Waals surface area contributed by atoms with E-state index < -0.39 is 39.8 Å². The van der Waals surface area contributed by atoms with Crippen LogP contribution < -0.4 is 15.6 Å². The van der Waals surface area contributed by atoms with Crippen LogP contribution in [0.5, 0.6) is 5.75 Å². The normalized spacial score (nSPS) is 17.3. The lowest BCUT2D eigenvalue weighted by molar-refractivity contribution is 0.0683. The average Bonchev–Trinajstić information content (AvgIpc) is 2.93. The van der Waals surface area contributed by atoms with Gasteiger partial charge in [0.2, 0.25) is 10.9 Å². The molecule has 0 radical (unpaired) electrons. The van der Waals surface area contributed by atoms with Gasteiger partial charge in [0.1, 0.15) is 35.1 Å². The third-order valence-electron chi connectivity index (χ3n) is 8.78. The van der Waals surface area contributed by atoms with Crippen LogP contribution in [-0.2, 0) is 17.3 Å². The highest BCUT2D eigenvalue weighted by Gasteiger charge is 2.33. The molecule has 244 valence electrons. The fourth-order valence-corrected chi connectivity index (χ4v) is 6.69. The summed E-state index contributed by atoms with van der Waals surface area (Å²) in [6, 6.07) is 2.26. The number of aryl methyl sites for hydroxylation is 1. The molecule has 11 heteroatoms. The minimum atomic E-state index is -1.32. The van der Waals surface area contributed by atoms with Crippen LogP contribution >= 0.6 is 0 Å². The molecule has 46 heavy (non-hydrogen) atoms. The SMILES string of the molecule is CC1COc2c(C(C)(C)C)c(F)cc3c(=O)c(C(=O)O)cn1c23.C[C@H]1CCc2c(C(C)(C)C)c(F)cc3c(=O)c(C(=O)O)cn1c23. The van der Waals surface area contributed by atoms with Crippen LogP contribution in [0.4, 0.5) is 8.78 Å². The van der Waals surface area contributed by atoms with Crippen LogP contribution in [0.25, 0.3) is 21.8 Å². The molecule has 0 aliphatic carbocycles. The molecule has 0 saturated heterocycles. The molecule has 4 heterocycles. The third-order valence-corrected chi connectivity index (χ3v) is 8.78. The monoisotopic (exact) mass is 636 g/mol. The lowest BCUT2D eigenvalue weighted by Gasteiger charge is -2.32. The van der Waals surface area contributed by atoms with Gasteiger partial charge in [0.05, 0.1) is 22.5 Å². The van der Waals surface area contributed by atoms with E-state index in [1.54, 1.807) is 4.57 Å². The summed E-state index contributed by atoms with van der Waals surface area (Å²) in [5.74, 6) is -3.25. The maximum atomic E-state index is 14.7. The molecular weight excluding hydrogens is 598 g/mol. The standard InChI is InChI=1S/C18H20FNO3.C17H18FNO4/c1-9-5-6-10-14(18(2,3)4)13(19)7-11-15(10)20(9)8-12(16(11)21)17(22)23;1-8-7-23-15-12(17(2,3)4)11(18)5-9-13(15)19(8)6-10(14(9)20)16(21)22/h7-9H,5-6H2,1-4H3,(H,22,23);5-6,8H,7H2,1-4H3,(H,21,22)/t9-;/m0./s1. The zero-order valence-corrected chi connectivity index (χ0v) is 27.2. The first-order valence-electron chi connectivity index (χ1n) is 15.2. The minimum Gasteiger partial charge on any atom is -0.489 e. The zero-order valence-electron chi connectivity index (χ0n) is 27.2. The van der Waals surface area contributed by atoms with Gasteiger partial charge in [-0.2, -0.15) is 0 Å². The molecule has 0 saturated carbocycles. The molecule has 2 aromatic carbocycles. The molecule has 1 unspecified atom stereocenters. The first-order valence-corrected chi connectivity index (χ1v) is 15.2. The quantitative estimate of drug-likeness (QED) is 0.250. The predicted octanol–water partition coefficient (Wildman–Crippen LogP) is 6.73. The number of ether oxygens (including phenoxy) is 1. The molecule has 2 aromatic heterocycles. The topological polar surface area (TPSA) is 128 Å². The number of benzene rings is 2. The first-order chi connectivity index (χ1) is 21.2. The largest absolute Gasteiger partial charge is 0.489 e. The summed E-state index contributed by atoms with van der Waals surface area (Å²) in [6.07, 6.45) is 4.21. The van der Waals surface area contributed by atoms with E-state index in [0.29, 0.717) is 34.3 Å². The number of pyridine rings is 2. The van der Waals surface area contributed by atoms with Gasteiger partial charge in [0.25, 0.3) is 0 Å². The lowest BCUT2D eigenvalue weighted by atomic mass is 9.79. The maximum Gasteiger partial charge on any atom is 0.341 e. The molecule has 0 spiro atoms. The Morgan fingerprint density at radius 3 is 1.72 bits per heavy atom. The van der Waals surface area contributed by atoms with Crippen molar-refractivity contribution in [2.24, 2.45) is 0 Å². The third kappa shape index (κ3) is 5.25. The van der Waals surface area contributed by atoms with E-state index in [0.717, 1.165) is 18.1 Å². The van der Waals surface area contributed by atoms with Crippen LogP contribution in [0.1, 0.15) is 111 Å². The van der Waals surface area contributed by atoms with Crippen LogP contribution in [0.2, 0.25) is 0 Å². The van der Waals surface area contributed by atoms with Gasteiger partial charge in [-0.05, 0) is 60.8 Å².